The van der Waals surface area contributed by atoms with Crippen LogP contribution in [0.1, 0.15) is 59.8 Å². The average Bonchev–Trinajstić information content (AvgIpc) is 3.09. The molecule has 1 amide bonds. The van der Waals surface area contributed by atoms with Crippen molar-refractivity contribution in [2.24, 2.45) is 11.0 Å². The first-order chi connectivity index (χ1) is 19.6. The average molecular weight is 578 g/mol. The number of rotatable bonds is 12. The van der Waals surface area contributed by atoms with Crippen molar-refractivity contribution in [2.75, 3.05) is 34.2 Å². The van der Waals surface area contributed by atoms with Crippen LogP contribution in [0.2, 0.25) is 0 Å². The lowest BCUT2D eigenvalue weighted by Gasteiger charge is -2.47. The van der Waals surface area contributed by atoms with Gasteiger partial charge in [-0.15, -0.1) is 0 Å². The highest BCUT2D eigenvalue weighted by atomic mass is 16.7. The Kier molecular flexibility index (Phi) is 15.6. The maximum Gasteiger partial charge on any atom is 0.293 e. The van der Waals surface area contributed by atoms with Gasteiger partial charge in [-0.3, -0.25) is 9.59 Å². The van der Waals surface area contributed by atoms with Crippen LogP contribution in [0, 0.1) is 5.92 Å². The Morgan fingerprint density at radius 2 is 1.95 bits per heavy atom. The Morgan fingerprint density at radius 3 is 2.46 bits per heavy atom. The third-order valence-corrected chi connectivity index (χ3v) is 7.08. The molecule has 228 valence electrons. The van der Waals surface area contributed by atoms with Crippen molar-refractivity contribution in [3.05, 3.63) is 69.2 Å². The van der Waals surface area contributed by atoms with E-state index in [4.69, 9.17) is 24.5 Å². The molecule has 0 aromatic carbocycles. The Bertz CT molecular complexity index is 1090. The lowest BCUT2D eigenvalue weighted by atomic mass is 9.64. The number of nitrogens with zero attached hydrogens (tertiary/aromatic N) is 3. The van der Waals surface area contributed by atoms with Crippen LogP contribution >= 0.6 is 0 Å². The minimum absolute atomic E-state index is 0.000924. The molecule has 1 aliphatic heterocycles. The smallest absolute Gasteiger partial charge is 0.293 e. The number of ether oxygens (including phenoxy) is 5. The van der Waals surface area contributed by atoms with Crippen molar-refractivity contribution in [1.82, 2.24) is 0 Å². The molecule has 0 fully saturated rings. The standard InChI is InChI=1S/C25H35N3O7.C4H8O2/c1-6-17(14-20(23(29)27-28-26)22(33-5)15-32-4)18-8-11-25(31,24(3,30)7-2)21-10-13-35-16-34-12-9-19(18)21;1-2-3-6-4-5/h9-10,12-14,18,30-31H,6-8,11,15-16H2,1-5H3;4H,2-3H2,1H3/b12-9+,13-10+,17-14+,22-20-;/t18-,24+,25?;/m1./s1. The molecule has 2 aliphatic rings. The minimum atomic E-state index is -1.53. The van der Waals surface area contributed by atoms with Gasteiger partial charge in [-0.2, -0.15) is 0 Å². The summed E-state index contributed by atoms with van der Waals surface area (Å²) in [5.41, 5.74) is 8.07. The van der Waals surface area contributed by atoms with Crippen LogP contribution in [-0.4, -0.2) is 68.0 Å². The SMILES string of the molecule is CC/C(=C\C(C(=O)N=[N+]=[N-])=C(/COC)OC)[C@H]1CCC(O)([C@@](C)(O)CC)C2=C1/C=C/OCO/C=C/2.CCCOC=O. The molecule has 12 nitrogen and oxygen atoms in total. The molecule has 2 N–H and O–H groups in total. The van der Waals surface area contributed by atoms with Crippen molar-refractivity contribution in [3.8, 4) is 0 Å². The largest absolute Gasteiger partial charge is 0.498 e. The van der Waals surface area contributed by atoms with Crippen LogP contribution in [0.15, 0.2) is 63.9 Å². The van der Waals surface area contributed by atoms with Crippen LogP contribution in [0.4, 0.5) is 0 Å². The summed E-state index contributed by atoms with van der Waals surface area (Å²) in [6, 6.07) is 0. The van der Waals surface area contributed by atoms with E-state index in [1.165, 1.54) is 26.7 Å². The molecule has 0 saturated carbocycles. The fraction of sp³-hybridized carbons (Fsp3) is 0.586. The number of azide groups is 1. The van der Waals surface area contributed by atoms with Crippen LogP contribution in [0.25, 0.3) is 10.4 Å². The Morgan fingerprint density at radius 1 is 1.27 bits per heavy atom. The van der Waals surface area contributed by atoms with E-state index in [0.717, 1.165) is 17.6 Å². The number of allylic oxidation sites excluding steroid dienone is 3. The number of hydrogen-bond donors (Lipinski definition) is 2. The highest BCUT2D eigenvalue weighted by Gasteiger charge is 2.50. The zero-order chi connectivity index (χ0) is 30.9. The van der Waals surface area contributed by atoms with E-state index in [9.17, 15) is 19.8 Å². The summed E-state index contributed by atoms with van der Waals surface area (Å²) in [5.74, 6) is -0.794. The molecule has 2 rings (SSSR count). The highest BCUT2D eigenvalue weighted by molar-refractivity contribution is 5.97. The van der Waals surface area contributed by atoms with E-state index >= 15 is 0 Å². The fourth-order valence-corrected chi connectivity index (χ4v) is 4.64. The lowest BCUT2D eigenvalue weighted by Crippen LogP contribution is -2.55. The van der Waals surface area contributed by atoms with Crippen molar-refractivity contribution in [1.29, 1.82) is 0 Å². The van der Waals surface area contributed by atoms with E-state index in [0.29, 0.717) is 37.9 Å². The van der Waals surface area contributed by atoms with Crippen LogP contribution < -0.4 is 0 Å². The quantitative estimate of drug-likeness (QED) is 0.0478. The zero-order valence-electron chi connectivity index (χ0n) is 24.8. The highest BCUT2D eigenvalue weighted by Crippen LogP contribution is 2.48. The Balaban J connectivity index is 0.00000126. The van der Waals surface area contributed by atoms with Crippen LogP contribution in [-0.2, 0) is 33.3 Å². The van der Waals surface area contributed by atoms with Gasteiger partial charge in [0.05, 0.1) is 37.4 Å². The van der Waals surface area contributed by atoms with Crippen LogP contribution in [0.5, 0.6) is 0 Å². The predicted octanol–water partition coefficient (Wildman–Crippen LogP) is 4.91. The molecule has 1 unspecified atom stereocenters. The number of carbonyl (C=O) groups is 2. The Labute approximate surface area is 241 Å². The van der Waals surface area contributed by atoms with Gasteiger partial charge < -0.3 is 33.9 Å². The summed E-state index contributed by atoms with van der Waals surface area (Å²) in [4.78, 5) is 24.6. The number of aliphatic hydroxyl groups is 2. The summed E-state index contributed by atoms with van der Waals surface area (Å²) in [6.45, 7) is 8.34. The molecule has 3 atom stereocenters. The fourth-order valence-electron chi connectivity index (χ4n) is 4.64. The van der Waals surface area contributed by atoms with Gasteiger partial charge in [-0.25, -0.2) is 0 Å². The molecule has 0 spiro atoms. The lowest BCUT2D eigenvalue weighted by molar-refractivity contribution is -0.128. The van der Waals surface area contributed by atoms with E-state index in [-0.39, 0.29) is 37.1 Å². The molecule has 1 aliphatic carbocycles. The number of hydrogen-bond acceptors (Lipinski definition) is 9. The van der Waals surface area contributed by atoms with Gasteiger partial charge >= 0.3 is 0 Å². The van der Waals surface area contributed by atoms with Crippen molar-refractivity contribution >= 4 is 12.4 Å². The zero-order valence-corrected chi connectivity index (χ0v) is 24.8. The van der Waals surface area contributed by atoms with Crippen molar-refractivity contribution < 1.29 is 43.5 Å². The van der Waals surface area contributed by atoms with E-state index in [1.54, 1.807) is 25.2 Å². The molecular formula is C29H43N3O9. The maximum absolute atomic E-state index is 12.6. The summed E-state index contributed by atoms with van der Waals surface area (Å²) >= 11 is 0. The molecule has 0 aromatic rings. The summed E-state index contributed by atoms with van der Waals surface area (Å²) < 4.78 is 25.5. The topological polar surface area (TPSA) is 170 Å². The summed E-state index contributed by atoms with van der Waals surface area (Å²) in [6.07, 6.45) is 10.5. The number of carbonyl (C=O) groups excluding carboxylic acids is 2. The molecule has 1 heterocycles. The predicted molar refractivity (Wildman–Crippen MR) is 152 cm³/mol. The number of amides is 1. The normalized spacial score (nSPS) is 23.9. The van der Waals surface area contributed by atoms with Gasteiger partial charge in [0.25, 0.3) is 12.4 Å². The van der Waals surface area contributed by atoms with E-state index in [2.05, 4.69) is 14.8 Å². The molecule has 0 radical (unpaired) electrons. The molecule has 41 heavy (non-hydrogen) atoms. The first-order valence-corrected chi connectivity index (χ1v) is 13.5. The minimum Gasteiger partial charge on any atom is -0.498 e. The Hall–Kier alpha value is -3.57. The van der Waals surface area contributed by atoms with Gasteiger partial charge in [0.1, 0.15) is 18.0 Å². The van der Waals surface area contributed by atoms with Gasteiger partial charge in [-0.1, -0.05) is 26.3 Å². The maximum atomic E-state index is 12.6. The second-order valence-corrected chi connectivity index (χ2v) is 9.51. The molecule has 0 aromatic heterocycles. The van der Waals surface area contributed by atoms with Gasteiger partial charge in [0.15, 0.2) is 0 Å². The van der Waals surface area contributed by atoms with E-state index < -0.39 is 17.1 Å². The molecular weight excluding hydrogens is 534 g/mol. The summed E-state index contributed by atoms with van der Waals surface area (Å²) in [5, 5.41) is 26.1. The third kappa shape index (κ3) is 9.50. The van der Waals surface area contributed by atoms with E-state index in [1.807, 2.05) is 20.8 Å². The van der Waals surface area contributed by atoms with Gasteiger partial charge in [0, 0.05) is 17.9 Å². The summed E-state index contributed by atoms with van der Waals surface area (Å²) in [7, 11) is 2.88. The third-order valence-electron chi connectivity index (χ3n) is 7.08. The van der Waals surface area contributed by atoms with Gasteiger partial charge in [-0.05, 0) is 79.0 Å². The van der Waals surface area contributed by atoms with Gasteiger partial charge in [0.2, 0.25) is 6.79 Å². The second kappa shape index (κ2) is 18.0. The molecule has 0 bridgehead atoms. The number of methoxy groups -OCH3 is 2. The van der Waals surface area contributed by atoms with Crippen LogP contribution in [0.3, 0.4) is 0 Å². The van der Waals surface area contributed by atoms with Crippen molar-refractivity contribution in [2.45, 2.75) is 71.0 Å². The molecule has 0 saturated heterocycles. The monoisotopic (exact) mass is 577 g/mol. The molecule has 12 heteroatoms. The first-order valence-electron chi connectivity index (χ1n) is 13.5. The second-order valence-electron chi connectivity index (χ2n) is 9.51. The van der Waals surface area contributed by atoms with Crippen molar-refractivity contribution in [3.63, 3.8) is 0 Å². The first kappa shape index (κ1) is 35.5.